The minimum atomic E-state index is -0.389. The van der Waals surface area contributed by atoms with E-state index in [0.717, 1.165) is 30.0 Å². The van der Waals surface area contributed by atoms with Crippen molar-refractivity contribution in [1.29, 1.82) is 0 Å². The molecule has 106 valence electrons. The predicted molar refractivity (Wildman–Crippen MR) is 80.7 cm³/mol. The molecule has 2 rings (SSSR count). The number of hydrogen-bond donors (Lipinski definition) is 1. The Labute approximate surface area is 123 Å². The molecule has 1 N–H and O–H groups in total. The van der Waals surface area contributed by atoms with Gasteiger partial charge < -0.3 is 5.32 Å². The second kappa shape index (κ2) is 6.18. The summed E-state index contributed by atoms with van der Waals surface area (Å²) >= 11 is 5.89. The third-order valence-corrected chi connectivity index (χ3v) is 3.26. The van der Waals surface area contributed by atoms with Crippen molar-refractivity contribution < 1.29 is 4.39 Å². The molecule has 5 heteroatoms. The van der Waals surface area contributed by atoms with E-state index in [1.807, 2.05) is 20.8 Å². The lowest BCUT2D eigenvalue weighted by Gasteiger charge is -2.12. The maximum absolute atomic E-state index is 13.5. The average Bonchev–Trinajstić information content (AvgIpc) is 2.40. The van der Waals surface area contributed by atoms with Gasteiger partial charge in [0, 0.05) is 28.4 Å². The number of benzene rings is 1. The lowest BCUT2D eigenvalue weighted by molar-refractivity contribution is 0.628. The highest BCUT2D eigenvalue weighted by Gasteiger charge is 2.12. The highest BCUT2D eigenvalue weighted by Crippen LogP contribution is 2.25. The van der Waals surface area contributed by atoms with Crippen LogP contribution in [0.15, 0.2) is 18.2 Å². The smallest absolute Gasteiger partial charge is 0.161 e. The van der Waals surface area contributed by atoms with Crippen LogP contribution in [0.3, 0.4) is 0 Å². The van der Waals surface area contributed by atoms with E-state index in [1.165, 1.54) is 12.1 Å². The van der Waals surface area contributed by atoms with Crippen molar-refractivity contribution >= 4 is 17.4 Å². The summed E-state index contributed by atoms with van der Waals surface area (Å²) in [6.45, 7) is 6.79. The maximum atomic E-state index is 13.5. The molecule has 0 atom stereocenters. The quantitative estimate of drug-likeness (QED) is 0.916. The SMILES string of the molecule is CCNc1nc(-c2cc(F)cc(Cl)c2)nc(CC)c1C. The molecule has 0 unspecified atom stereocenters. The van der Waals surface area contributed by atoms with Crippen LogP contribution in [-0.2, 0) is 6.42 Å². The van der Waals surface area contributed by atoms with Gasteiger partial charge in [-0.15, -0.1) is 0 Å². The van der Waals surface area contributed by atoms with Crippen LogP contribution < -0.4 is 5.32 Å². The minimum absolute atomic E-state index is 0.340. The molecule has 1 aromatic carbocycles. The summed E-state index contributed by atoms with van der Waals surface area (Å²) in [5.74, 6) is 0.888. The van der Waals surface area contributed by atoms with Gasteiger partial charge in [-0.2, -0.15) is 0 Å². The van der Waals surface area contributed by atoms with Crippen LogP contribution in [0, 0.1) is 12.7 Å². The Balaban J connectivity index is 2.58. The van der Waals surface area contributed by atoms with Crippen molar-refractivity contribution in [2.24, 2.45) is 0 Å². The molecule has 0 amide bonds. The number of halogens is 2. The second-order valence-electron chi connectivity index (χ2n) is 4.51. The minimum Gasteiger partial charge on any atom is -0.370 e. The molecule has 0 radical (unpaired) electrons. The monoisotopic (exact) mass is 293 g/mol. The predicted octanol–water partition coefficient (Wildman–Crippen LogP) is 4.24. The van der Waals surface area contributed by atoms with Crippen LogP contribution in [0.2, 0.25) is 5.02 Å². The number of nitrogens with one attached hydrogen (secondary N) is 1. The molecule has 2 aromatic rings. The third kappa shape index (κ3) is 3.07. The number of nitrogens with zero attached hydrogens (tertiary/aromatic N) is 2. The van der Waals surface area contributed by atoms with Gasteiger partial charge in [-0.3, -0.25) is 0 Å². The van der Waals surface area contributed by atoms with E-state index in [1.54, 1.807) is 6.07 Å². The summed E-state index contributed by atoms with van der Waals surface area (Å²) in [7, 11) is 0. The number of hydrogen-bond acceptors (Lipinski definition) is 3. The number of aryl methyl sites for hydroxylation is 1. The zero-order valence-corrected chi connectivity index (χ0v) is 12.6. The van der Waals surface area contributed by atoms with Gasteiger partial charge in [0.25, 0.3) is 0 Å². The summed E-state index contributed by atoms with van der Waals surface area (Å²) in [5.41, 5.74) is 2.57. The van der Waals surface area contributed by atoms with Gasteiger partial charge in [0.1, 0.15) is 11.6 Å². The topological polar surface area (TPSA) is 37.8 Å². The highest BCUT2D eigenvalue weighted by atomic mass is 35.5. The van der Waals surface area contributed by atoms with Crippen LogP contribution in [0.4, 0.5) is 10.2 Å². The molecule has 20 heavy (non-hydrogen) atoms. The molecule has 3 nitrogen and oxygen atoms in total. The first-order valence-electron chi connectivity index (χ1n) is 6.63. The van der Waals surface area contributed by atoms with E-state index < -0.39 is 0 Å². The van der Waals surface area contributed by atoms with E-state index in [4.69, 9.17) is 11.6 Å². The molecule has 0 saturated carbocycles. The van der Waals surface area contributed by atoms with Crippen LogP contribution in [0.25, 0.3) is 11.4 Å². The van der Waals surface area contributed by atoms with Gasteiger partial charge in [-0.05, 0) is 38.5 Å². The molecular formula is C15H17ClFN3. The molecule has 0 spiro atoms. The van der Waals surface area contributed by atoms with Gasteiger partial charge >= 0.3 is 0 Å². The van der Waals surface area contributed by atoms with Crippen molar-refractivity contribution in [3.63, 3.8) is 0 Å². The second-order valence-corrected chi connectivity index (χ2v) is 4.95. The summed E-state index contributed by atoms with van der Waals surface area (Å²) in [6.07, 6.45) is 0.794. The Kier molecular flexibility index (Phi) is 4.55. The van der Waals surface area contributed by atoms with E-state index >= 15 is 0 Å². The summed E-state index contributed by atoms with van der Waals surface area (Å²) in [4.78, 5) is 8.99. The normalized spacial score (nSPS) is 10.7. The average molecular weight is 294 g/mol. The van der Waals surface area contributed by atoms with Crippen LogP contribution >= 0.6 is 11.6 Å². The van der Waals surface area contributed by atoms with Crippen molar-refractivity contribution in [1.82, 2.24) is 9.97 Å². The summed E-state index contributed by atoms with van der Waals surface area (Å²) < 4.78 is 13.5. The Bertz CT molecular complexity index is 609. The molecule has 0 fully saturated rings. The Morgan fingerprint density at radius 3 is 2.55 bits per heavy atom. The lowest BCUT2D eigenvalue weighted by atomic mass is 10.1. The van der Waals surface area contributed by atoms with Crippen LogP contribution in [0.1, 0.15) is 25.1 Å². The molecule has 1 aromatic heterocycles. The van der Waals surface area contributed by atoms with Gasteiger partial charge in [0.15, 0.2) is 5.82 Å². The van der Waals surface area contributed by atoms with E-state index in [9.17, 15) is 4.39 Å². The first kappa shape index (κ1) is 14.7. The number of anilines is 1. The van der Waals surface area contributed by atoms with Gasteiger partial charge in [-0.1, -0.05) is 18.5 Å². The molecule has 1 heterocycles. The third-order valence-electron chi connectivity index (χ3n) is 3.05. The fourth-order valence-corrected chi connectivity index (χ4v) is 2.28. The summed E-state index contributed by atoms with van der Waals surface area (Å²) in [6, 6.07) is 4.33. The molecular weight excluding hydrogens is 277 g/mol. The first-order chi connectivity index (χ1) is 9.55. The Morgan fingerprint density at radius 1 is 1.20 bits per heavy atom. The zero-order chi connectivity index (χ0) is 14.7. The number of aromatic nitrogens is 2. The lowest BCUT2D eigenvalue weighted by Crippen LogP contribution is -2.07. The van der Waals surface area contributed by atoms with Crippen molar-refractivity contribution in [3.05, 3.63) is 40.3 Å². The van der Waals surface area contributed by atoms with E-state index in [0.29, 0.717) is 16.4 Å². The van der Waals surface area contributed by atoms with Crippen LogP contribution in [-0.4, -0.2) is 16.5 Å². The Hall–Kier alpha value is -1.68. The maximum Gasteiger partial charge on any atom is 0.161 e. The van der Waals surface area contributed by atoms with Crippen molar-refractivity contribution in [2.75, 3.05) is 11.9 Å². The molecule has 0 aliphatic carbocycles. The highest BCUT2D eigenvalue weighted by molar-refractivity contribution is 6.30. The van der Waals surface area contributed by atoms with Crippen molar-refractivity contribution in [2.45, 2.75) is 27.2 Å². The number of rotatable bonds is 4. The van der Waals surface area contributed by atoms with E-state index in [-0.39, 0.29) is 5.82 Å². The van der Waals surface area contributed by atoms with Crippen LogP contribution in [0.5, 0.6) is 0 Å². The standard InChI is InChI=1S/C15H17ClFN3/c1-4-13-9(3)14(18-5-2)20-15(19-13)10-6-11(16)8-12(17)7-10/h6-8H,4-5H2,1-3H3,(H,18,19,20). The molecule has 0 saturated heterocycles. The van der Waals surface area contributed by atoms with Crippen molar-refractivity contribution in [3.8, 4) is 11.4 Å². The first-order valence-corrected chi connectivity index (χ1v) is 7.00. The van der Waals surface area contributed by atoms with E-state index in [2.05, 4.69) is 15.3 Å². The fourth-order valence-electron chi connectivity index (χ4n) is 2.06. The van der Waals surface area contributed by atoms with Gasteiger partial charge in [-0.25, -0.2) is 14.4 Å². The van der Waals surface area contributed by atoms with Gasteiger partial charge in [0.2, 0.25) is 0 Å². The molecule has 0 aliphatic rings. The van der Waals surface area contributed by atoms with Gasteiger partial charge in [0.05, 0.1) is 0 Å². The molecule has 0 aliphatic heterocycles. The largest absolute Gasteiger partial charge is 0.370 e. The summed E-state index contributed by atoms with van der Waals surface area (Å²) in [5, 5.41) is 3.55. The zero-order valence-electron chi connectivity index (χ0n) is 11.8. The Morgan fingerprint density at radius 2 is 1.95 bits per heavy atom. The molecule has 0 bridgehead atoms. The fraction of sp³-hybridized carbons (Fsp3) is 0.333.